The maximum Gasteiger partial charge on any atom is 0.270 e. The fraction of sp³-hybridized carbons (Fsp3) is 0.500. The van der Waals surface area contributed by atoms with Crippen molar-refractivity contribution < 1.29 is 9.59 Å². The Morgan fingerprint density at radius 3 is 2.25 bits per heavy atom. The van der Waals surface area contributed by atoms with E-state index in [1.165, 1.54) is 6.42 Å². The highest BCUT2D eigenvalue weighted by Crippen LogP contribution is 2.51. The topological polar surface area (TPSA) is 105 Å². The molecule has 1 atom stereocenters. The molecule has 0 radical (unpaired) electrons. The van der Waals surface area contributed by atoms with Crippen molar-refractivity contribution in [3.63, 3.8) is 0 Å². The third-order valence-corrected chi connectivity index (χ3v) is 8.18. The van der Waals surface area contributed by atoms with Gasteiger partial charge in [-0.15, -0.1) is 0 Å². The average molecular weight is 487 g/mol. The van der Waals surface area contributed by atoms with Gasteiger partial charge in [-0.1, -0.05) is 12.1 Å². The Morgan fingerprint density at radius 1 is 1.00 bits per heavy atom. The number of anilines is 1. The van der Waals surface area contributed by atoms with E-state index in [9.17, 15) is 9.59 Å². The van der Waals surface area contributed by atoms with E-state index in [-0.39, 0.29) is 23.8 Å². The quantitative estimate of drug-likeness (QED) is 0.404. The molecule has 0 bridgehead atoms. The van der Waals surface area contributed by atoms with E-state index < -0.39 is 6.04 Å². The lowest BCUT2D eigenvalue weighted by Gasteiger charge is -2.29. The van der Waals surface area contributed by atoms with Gasteiger partial charge >= 0.3 is 0 Å². The SMILES string of the molecule is Cc1n[nH]c(C)c1-c1ccc(NC(=O)C(NC(=O)c2ccnn2C2CCC2)C(C2CC2)C2CC2)cc1. The minimum absolute atomic E-state index is 0.134. The first kappa shape index (κ1) is 23.0. The Kier molecular flexibility index (Phi) is 5.90. The van der Waals surface area contributed by atoms with Gasteiger partial charge in [0.05, 0.1) is 11.7 Å². The zero-order valence-electron chi connectivity index (χ0n) is 21.0. The van der Waals surface area contributed by atoms with Crippen molar-refractivity contribution in [1.82, 2.24) is 25.3 Å². The zero-order valence-corrected chi connectivity index (χ0v) is 21.0. The molecule has 36 heavy (non-hydrogen) atoms. The van der Waals surface area contributed by atoms with Gasteiger partial charge in [-0.05, 0) is 100 Å². The second kappa shape index (κ2) is 9.22. The minimum Gasteiger partial charge on any atom is -0.339 e. The van der Waals surface area contributed by atoms with Gasteiger partial charge < -0.3 is 10.6 Å². The number of hydrogen-bond acceptors (Lipinski definition) is 4. The van der Waals surface area contributed by atoms with Gasteiger partial charge in [-0.25, -0.2) is 0 Å². The smallest absolute Gasteiger partial charge is 0.270 e. The number of amides is 2. The molecule has 8 nitrogen and oxygen atoms in total. The number of nitrogens with zero attached hydrogens (tertiary/aromatic N) is 3. The van der Waals surface area contributed by atoms with Gasteiger partial charge in [0.15, 0.2) is 0 Å². The molecule has 1 unspecified atom stereocenters. The molecule has 6 rings (SSSR count). The number of aromatic amines is 1. The van der Waals surface area contributed by atoms with Gasteiger partial charge in [-0.3, -0.25) is 19.4 Å². The van der Waals surface area contributed by atoms with Crippen LogP contribution in [-0.4, -0.2) is 37.8 Å². The van der Waals surface area contributed by atoms with Crippen molar-refractivity contribution >= 4 is 17.5 Å². The van der Waals surface area contributed by atoms with Crippen molar-refractivity contribution in [2.75, 3.05) is 5.32 Å². The summed E-state index contributed by atoms with van der Waals surface area (Å²) >= 11 is 0. The standard InChI is InChI=1S/C28H34N6O2/c1-16-24(17(2)33-32-16)18-10-12-21(13-11-18)30-28(36)26(25(19-6-7-19)20-8-9-20)31-27(35)23-14-15-29-34(23)22-4-3-5-22/h10-15,19-20,22,25-26H,3-9H2,1-2H3,(H,30,36)(H,31,35)(H,32,33). The normalized spacial score (nSPS) is 18.6. The number of rotatable bonds is 9. The number of carbonyl (C=O) groups is 2. The number of H-pyrrole nitrogens is 1. The molecule has 3 saturated carbocycles. The average Bonchev–Trinajstić information content (AvgIpc) is 3.76. The highest BCUT2D eigenvalue weighted by Gasteiger charge is 2.48. The minimum atomic E-state index is -0.555. The van der Waals surface area contributed by atoms with Gasteiger partial charge in [0.1, 0.15) is 11.7 Å². The molecule has 2 amide bonds. The maximum atomic E-state index is 13.7. The van der Waals surface area contributed by atoms with Crippen molar-refractivity contribution in [3.05, 3.63) is 53.6 Å². The summed E-state index contributed by atoms with van der Waals surface area (Å²) in [5.74, 6) is 0.876. The summed E-state index contributed by atoms with van der Waals surface area (Å²) in [6.07, 6.45) is 9.50. The van der Waals surface area contributed by atoms with E-state index in [4.69, 9.17) is 0 Å². The molecule has 3 fully saturated rings. The molecule has 0 aliphatic heterocycles. The van der Waals surface area contributed by atoms with Crippen molar-refractivity contribution in [1.29, 1.82) is 0 Å². The Labute approximate surface area is 211 Å². The van der Waals surface area contributed by atoms with Gasteiger partial charge in [0, 0.05) is 23.1 Å². The molecule has 1 aromatic carbocycles. The fourth-order valence-corrected chi connectivity index (χ4v) is 5.78. The van der Waals surface area contributed by atoms with Crippen LogP contribution in [0.1, 0.15) is 72.9 Å². The molecular weight excluding hydrogens is 452 g/mol. The number of aromatic nitrogens is 4. The van der Waals surface area contributed by atoms with Gasteiger partial charge in [-0.2, -0.15) is 10.2 Å². The van der Waals surface area contributed by atoms with E-state index >= 15 is 0 Å². The summed E-state index contributed by atoms with van der Waals surface area (Å²) in [6.45, 7) is 3.99. The highest BCUT2D eigenvalue weighted by molar-refractivity contribution is 6.01. The van der Waals surface area contributed by atoms with Crippen LogP contribution in [0.2, 0.25) is 0 Å². The van der Waals surface area contributed by atoms with E-state index in [0.717, 1.165) is 66.7 Å². The predicted octanol–water partition coefficient (Wildman–Crippen LogP) is 4.79. The van der Waals surface area contributed by atoms with Crippen LogP contribution in [0.25, 0.3) is 11.1 Å². The van der Waals surface area contributed by atoms with E-state index in [1.54, 1.807) is 12.3 Å². The zero-order chi connectivity index (χ0) is 24.8. The molecule has 188 valence electrons. The first-order valence-corrected chi connectivity index (χ1v) is 13.3. The van der Waals surface area contributed by atoms with Gasteiger partial charge in [0.25, 0.3) is 5.91 Å². The second-order valence-corrected chi connectivity index (χ2v) is 10.8. The molecule has 0 saturated heterocycles. The lowest BCUT2D eigenvalue weighted by molar-refractivity contribution is -0.119. The number of aryl methyl sites for hydroxylation is 2. The molecule has 8 heteroatoms. The van der Waals surface area contributed by atoms with Crippen LogP contribution in [0.15, 0.2) is 36.5 Å². The molecule has 0 spiro atoms. The first-order valence-electron chi connectivity index (χ1n) is 13.3. The molecule has 3 N–H and O–H groups in total. The summed E-state index contributed by atoms with van der Waals surface area (Å²) in [7, 11) is 0. The highest BCUT2D eigenvalue weighted by atomic mass is 16.2. The third kappa shape index (κ3) is 4.45. The van der Waals surface area contributed by atoms with Crippen LogP contribution in [0, 0.1) is 31.6 Å². The van der Waals surface area contributed by atoms with Crippen LogP contribution in [0.4, 0.5) is 5.69 Å². The number of hydrogen-bond donors (Lipinski definition) is 3. The van der Waals surface area contributed by atoms with Crippen LogP contribution in [0.5, 0.6) is 0 Å². The number of nitrogens with one attached hydrogen (secondary N) is 3. The molecule has 3 aliphatic carbocycles. The van der Waals surface area contributed by atoms with E-state index in [2.05, 4.69) is 25.9 Å². The summed E-state index contributed by atoms with van der Waals surface area (Å²) in [6, 6.07) is 9.36. The Hall–Kier alpha value is -3.42. The lowest BCUT2D eigenvalue weighted by Crippen LogP contribution is -2.50. The van der Waals surface area contributed by atoms with Crippen LogP contribution in [0.3, 0.4) is 0 Å². The van der Waals surface area contributed by atoms with E-state index in [1.807, 2.05) is 42.8 Å². The molecule has 3 aromatic rings. The first-order chi connectivity index (χ1) is 17.5. The fourth-order valence-electron chi connectivity index (χ4n) is 5.78. The van der Waals surface area contributed by atoms with Crippen LogP contribution in [-0.2, 0) is 4.79 Å². The lowest BCUT2D eigenvalue weighted by atomic mass is 9.88. The van der Waals surface area contributed by atoms with Crippen molar-refractivity contribution in [2.45, 2.75) is 70.9 Å². The summed E-state index contributed by atoms with van der Waals surface area (Å²) in [5.41, 5.74) is 5.39. The third-order valence-electron chi connectivity index (χ3n) is 8.18. The Morgan fingerprint density at radius 2 is 1.69 bits per heavy atom. The van der Waals surface area contributed by atoms with E-state index in [0.29, 0.717) is 17.5 Å². The van der Waals surface area contributed by atoms with Gasteiger partial charge in [0.2, 0.25) is 5.91 Å². The van der Waals surface area contributed by atoms with Crippen LogP contribution < -0.4 is 10.6 Å². The number of benzene rings is 1. The van der Waals surface area contributed by atoms with Crippen LogP contribution >= 0.6 is 0 Å². The largest absolute Gasteiger partial charge is 0.339 e. The summed E-state index contributed by atoms with van der Waals surface area (Å²) in [4.78, 5) is 27.1. The predicted molar refractivity (Wildman–Crippen MR) is 137 cm³/mol. The molecule has 2 aromatic heterocycles. The molecular formula is C28H34N6O2. The number of carbonyl (C=O) groups excluding carboxylic acids is 2. The van der Waals surface area contributed by atoms with Crippen molar-refractivity contribution in [2.24, 2.45) is 17.8 Å². The second-order valence-electron chi connectivity index (χ2n) is 10.8. The molecule has 2 heterocycles. The maximum absolute atomic E-state index is 13.7. The van der Waals surface area contributed by atoms with Crippen molar-refractivity contribution in [3.8, 4) is 11.1 Å². The molecule has 3 aliphatic rings. The Bertz CT molecular complexity index is 1230. The Balaban J connectivity index is 1.21. The monoisotopic (exact) mass is 486 g/mol. The summed E-state index contributed by atoms with van der Waals surface area (Å²) < 4.78 is 1.84. The summed E-state index contributed by atoms with van der Waals surface area (Å²) in [5, 5.41) is 18.0.